The molecule has 0 amide bonds. The number of hydrogen-bond donors (Lipinski definition) is 2. The predicted molar refractivity (Wildman–Crippen MR) is 111 cm³/mol. The lowest BCUT2D eigenvalue weighted by Gasteiger charge is -2.38. The number of anilines is 1. The minimum atomic E-state index is 0.373. The molecule has 29 heavy (non-hydrogen) atoms. The summed E-state index contributed by atoms with van der Waals surface area (Å²) in [6, 6.07) is 7.63. The lowest BCUT2D eigenvalue weighted by molar-refractivity contribution is 0.291. The van der Waals surface area contributed by atoms with Gasteiger partial charge in [-0.15, -0.1) is 5.10 Å². The number of piperazine rings is 1. The summed E-state index contributed by atoms with van der Waals surface area (Å²) < 4.78 is 16.5. The molecule has 1 saturated heterocycles. The van der Waals surface area contributed by atoms with Gasteiger partial charge in [0.15, 0.2) is 0 Å². The van der Waals surface area contributed by atoms with Crippen LogP contribution in [0.2, 0.25) is 0 Å². The molecule has 0 bridgehead atoms. The molecule has 2 aliphatic heterocycles. The molecule has 8 heteroatoms. The van der Waals surface area contributed by atoms with Gasteiger partial charge < -0.3 is 29.3 Å². The lowest BCUT2D eigenvalue weighted by Crippen LogP contribution is -2.47. The minimum absolute atomic E-state index is 0.373. The molecule has 0 radical (unpaired) electrons. The van der Waals surface area contributed by atoms with Crippen molar-refractivity contribution in [3.8, 4) is 17.4 Å². The van der Waals surface area contributed by atoms with Crippen molar-refractivity contribution >= 4 is 5.82 Å². The van der Waals surface area contributed by atoms with Gasteiger partial charge in [0, 0.05) is 44.9 Å². The SMILES string of the molecule is COc1cc(COc2cc(N3CC=CC=C3N3CCNCC3)[nH]n2)cc(OC)c1. The summed E-state index contributed by atoms with van der Waals surface area (Å²) in [7, 11) is 3.27. The summed E-state index contributed by atoms with van der Waals surface area (Å²) >= 11 is 0. The van der Waals surface area contributed by atoms with E-state index >= 15 is 0 Å². The summed E-state index contributed by atoms with van der Waals surface area (Å²) in [4.78, 5) is 4.61. The fraction of sp³-hybridized carbons (Fsp3) is 0.381. The molecule has 1 aromatic heterocycles. The van der Waals surface area contributed by atoms with E-state index in [2.05, 4.69) is 43.5 Å². The number of methoxy groups -OCH3 is 2. The molecule has 2 N–H and O–H groups in total. The van der Waals surface area contributed by atoms with Crippen molar-refractivity contribution in [2.45, 2.75) is 6.61 Å². The molecule has 1 fully saturated rings. The summed E-state index contributed by atoms with van der Waals surface area (Å²) in [6.45, 7) is 5.14. The zero-order valence-corrected chi connectivity index (χ0v) is 16.9. The number of rotatable bonds is 7. The van der Waals surface area contributed by atoms with Crippen LogP contribution in [0, 0.1) is 0 Å². The lowest BCUT2D eigenvalue weighted by atomic mass is 10.2. The van der Waals surface area contributed by atoms with Crippen LogP contribution in [0.5, 0.6) is 17.4 Å². The highest BCUT2D eigenvalue weighted by Crippen LogP contribution is 2.27. The normalized spacial score (nSPS) is 16.6. The van der Waals surface area contributed by atoms with Gasteiger partial charge in [0.05, 0.1) is 14.2 Å². The number of hydrogen-bond acceptors (Lipinski definition) is 7. The maximum atomic E-state index is 5.90. The fourth-order valence-electron chi connectivity index (χ4n) is 3.51. The monoisotopic (exact) mass is 397 g/mol. The van der Waals surface area contributed by atoms with E-state index in [1.165, 1.54) is 5.82 Å². The molecule has 0 unspecified atom stereocenters. The largest absolute Gasteiger partial charge is 0.497 e. The number of benzene rings is 1. The van der Waals surface area contributed by atoms with Gasteiger partial charge in [0.1, 0.15) is 29.7 Å². The summed E-state index contributed by atoms with van der Waals surface area (Å²) in [5, 5.41) is 10.8. The smallest absolute Gasteiger partial charge is 0.235 e. The van der Waals surface area contributed by atoms with Crippen molar-refractivity contribution in [3.63, 3.8) is 0 Å². The first kappa shape index (κ1) is 19.2. The molecule has 0 aliphatic carbocycles. The maximum Gasteiger partial charge on any atom is 0.235 e. The van der Waals surface area contributed by atoms with E-state index in [-0.39, 0.29) is 0 Å². The second-order valence-corrected chi connectivity index (χ2v) is 6.90. The van der Waals surface area contributed by atoms with Gasteiger partial charge in [-0.3, -0.25) is 5.10 Å². The Morgan fingerprint density at radius 1 is 1.03 bits per heavy atom. The van der Waals surface area contributed by atoms with E-state index in [0.717, 1.165) is 55.6 Å². The highest BCUT2D eigenvalue weighted by molar-refractivity contribution is 5.51. The third-order valence-corrected chi connectivity index (χ3v) is 5.02. The van der Waals surface area contributed by atoms with Gasteiger partial charge in [0.25, 0.3) is 0 Å². The van der Waals surface area contributed by atoms with Crippen LogP contribution in [0.4, 0.5) is 5.82 Å². The van der Waals surface area contributed by atoms with Crippen molar-refractivity contribution in [2.24, 2.45) is 0 Å². The molecule has 1 aromatic carbocycles. The Bertz CT molecular complexity index is 864. The molecular formula is C21H27N5O3. The number of aromatic nitrogens is 2. The van der Waals surface area contributed by atoms with Crippen LogP contribution in [-0.2, 0) is 6.61 Å². The molecular weight excluding hydrogens is 370 g/mol. The number of nitrogens with one attached hydrogen (secondary N) is 2. The summed E-state index contributed by atoms with van der Waals surface area (Å²) in [5.41, 5.74) is 0.952. The average molecular weight is 397 g/mol. The van der Waals surface area contributed by atoms with E-state index in [1.54, 1.807) is 14.2 Å². The first-order valence-electron chi connectivity index (χ1n) is 9.77. The fourth-order valence-corrected chi connectivity index (χ4v) is 3.51. The zero-order valence-electron chi connectivity index (χ0n) is 16.9. The van der Waals surface area contributed by atoms with E-state index in [9.17, 15) is 0 Å². The molecule has 0 saturated carbocycles. The third kappa shape index (κ3) is 4.48. The summed E-state index contributed by atoms with van der Waals surface area (Å²) in [6.07, 6.45) is 6.39. The van der Waals surface area contributed by atoms with E-state index in [4.69, 9.17) is 14.2 Å². The first-order valence-corrected chi connectivity index (χ1v) is 9.77. The molecule has 2 aromatic rings. The van der Waals surface area contributed by atoms with Gasteiger partial charge in [0.2, 0.25) is 5.88 Å². The van der Waals surface area contributed by atoms with Gasteiger partial charge in [-0.1, -0.05) is 12.2 Å². The van der Waals surface area contributed by atoms with Crippen LogP contribution in [-0.4, -0.2) is 62.0 Å². The van der Waals surface area contributed by atoms with Gasteiger partial charge in [-0.05, 0) is 23.8 Å². The van der Waals surface area contributed by atoms with Crippen LogP contribution in [0.25, 0.3) is 0 Å². The van der Waals surface area contributed by atoms with E-state index < -0.39 is 0 Å². The highest BCUT2D eigenvalue weighted by atomic mass is 16.5. The number of aromatic amines is 1. The van der Waals surface area contributed by atoms with Crippen molar-refractivity contribution in [1.29, 1.82) is 0 Å². The molecule has 8 nitrogen and oxygen atoms in total. The number of ether oxygens (including phenoxy) is 3. The molecule has 2 aliphatic rings. The van der Waals surface area contributed by atoms with Crippen molar-refractivity contribution in [2.75, 3.05) is 51.8 Å². The quantitative estimate of drug-likeness (QED) is 0.741. The van der Waals surface area contributed by atoms with Crippen molar-refractivity contribution in [1.82, 2.24) is 20.4 Å². The third-order valence-electron chi connectivity index (χ3n) is 5.02. The van der Waals surface area contributed by atoms with Crippen LogP contribution in [0.1, 0.15) is 5.56 Å². The Labute approximate surface area is 170 Å². The first-order chi connectivity index (χ1) is 14.3. The highest BCUT2D eigenvalue weighted by Gasteiger charge is 2.22. The Balaban J connectivity index is 1.44. The average Bonchev–Trinajstić information content (AvgIpc) is 3.27. The Kier molecular flexibility index (Phi) is 5.90. The van der Waals surface area contributed by atoms with Gasteiger partial charge in [-0.25, -0.2) is 0 Å². The maximum absolute atomic E-state index is 5.90. The number of nitrogens with zero attached hydrogens (tertiary/aromatic N) is 3. The van der Waals surface area contributed by atoms with Crippen molar-refractivity contribution < 1.29 is 14.2 Å². The zero-order chi connectivity index (χ0) is 20.1. The predicted octanol–water partition coefficient (Wildman–Crippen LogP) is 2.13. The summed E-state index contributed by atoms with van der Waals surface area (Å²) in [5.74, 6) is 4.11. The number of H-pyrrole nitrogens is 1. The molecule has 4 rings (SSSR count). The van der Waals surface area contributed by atoms with Crippen LogP contribution < -0.4 is 24.4 Å². The van der Waals surface area contributed by atoms with Crippen LogP contribution >= 0.6 is 0 Å². The topological polar surface area (TPSA) is 74.9 Å². The van der Waals surface area contributed by atoms with Crippen molar-refractivity contribution in [3.05, 3.63) is 53.9 Å². The van der Waals surface area contributed by atoms with Gasteiger partial charge >= 0.3 is 0 Å². The van der Waals surface area contributed by atoms with E-state index in [0.29, 0.717) is 12.5 Å². The molecule has 154 valence electrons. The molecule has 3 heterocycles. The molecule has 0 spiro atoms. The second-order valence-electron chi connectivity index (χ2n) is 6.90. The minimum Gasteiger partial charge on any atom is -0.497 e. The Hall–Kier alpha value is -3.13. The van der Waals surface area contributed by atoms with E-state index in [1.807, 2.05) is 24.3 Å². The van der Waals surface area contributed by atoms with Crippen LogP contribution in [0.3, 0.4) is 0 Å². The van der Waals surface area contributed by atoms with Gasteiger partial charge in [-0.2, -0.15) is 0 Å². The molecule has 0 atom stereocenters. The second kappa shape index (κ2) is 8.91. The Morgan fingerprint density at radius 2 is 1.79 bits per heavy atom. The number of allylic oxidation sites excluding steroid dienone is 2. The van der Waals surface area contributed by atoms with Crippen LogP contribution in [0.15, 0.2) is 48.3 Å². The Morgan fingerprint density at radius 3 is 2.52 bits per heavy atom. The standard InChI is InChI=1S/C21H27N5O3/c1-27-17-11-16(12-18(13-17)28-2)15-29-20-14-19(23-24-20)26-8-4-3-5-21(26)25-9-6-22-7-10-25/h3-5,11-14,22H,6-10,15H2,1-2H3,(H,23,24).